The largest absolute Gasteiger partial charge is 0.756 e. The lowest BCUT2D eigenvalue weighted by molar-refractivity contribution is -0.870. The van der Waals surface area contributed by atoms with E-state index in [1.165, 1.54) is 302 Å². The number of phosphoric acid groups is 1. The summed E-state index contributed by atoms with van der Waals surface area (Å²) >= 11 is 0. The molecule has 0 radical (unpaired) electrons. The van der Waals surface area contributed by atoms with Gasteiger partial charge in [0.2, 0.25) is 5.91 Å². The van der Waals surface area contributed by atoms with Crippen molar-refractivity contribution in [3.8, 4) is 0 Å². The lowest BCUT2D eigenvalue weighted by Crippen LogP contribution is -2.47. The molecule has 0 bridgehead atoms. The summed E-state index contributed by atoms with van der Waals surface area (Å²) in [7, 11) is 1.20. The number of allylic oxidation sites excluding steroid dienone is 5. The lowest BCUT2D eigenvalue weighted by Gasteiger charge is -2.30. The maximum absolute atomic E-state index is 13.6. The molecule has 0 aliphatic carbocycles. The summed E-state index contributed by atoms with van der Waals surface area (Å²) < 4.78 is 30.5. The summed E-state index contributed by atoms with van der Waals surface area (Å²) in [4.78, 5) is 40.2. The number of hydrogen-bond donors (Lipinski definition) is 1. The molecule has 10 heteroatoms. The van der Waals surface area contributed by atoms with Crippen molar-refractivity contribution in [2.24, 2.45) is 0 Å². The Kier molecular flexibility index (Phi) is 65.8. The Bertz CT molecular complexity index is 1580. The van der Waals surface area contributed by atoms with E-state index in [2.05, 4.69) is 50.4 Å². The van der Waals surface area contributed by atoms with Crippen LogP contribution in [0.4, 0.5) is 0 Å². The number of rotatable bonds is 71. The molecule has 3 atom stereocenters. The molecule has 0 saturated carbocycles. The highest BCUT2D eigenvalue weighted by Crippen LogP contribution is 2.38. The smallest absolute Gasteiger partial charge is 0.306 e. The fourth-order valence-electron chi connectivity index (χ4n) is 11.6. The van der Waals surface area contributed by atoms with Crippen LogP contribution in [0.3, 0.4) is 0 Å². The van der Waals surface area contributed by atoms with Gasteiger partial charge in [0.1, 0.15) is 19.3 Å². The van der Waals surface area contributed by atoms with Crippen LogP contribution in [0.25, 0.3) is 0 Å². The van der Waals surface area contributed by atoms with Crippen molar-refractivity contribution in [2.75, 3.05) is 40.9 Å². The predicted octanol–water partition coefficient (Wildman–Crippen LogP) is 23.9. The summed E-state index contributed by atoms with van der Waals surface area (Å²) in [5.41, 5.74) is 0. The number of quaternary nitrogens is 1. The van der Waals surface area contributed by atoms with Gasteiger partial charge in [-0.1, -0.05) is 334 Å². The summed E-state index contributed by atoms with van der Waals surface area (Å²) in [5, 5.41) is 3.05. The molecule has 0 heterocycles. The molecule has 0 rings (SSSR count). The number of hydrogen-bond acceptors (Lipinski definition) is 7. The number of carbonyl (C=O) groups is 2. The second-order valence-electron chi connectivity index (χ2n) is 27.5. The van der Waals surface area contributed by atoms with Crippen molar-refractivity contribution in [1.82, 2.24) is 5.32 Å². The minimum Gasteiger partial charge on any atom is -0.756 e. The van der Waals surface area contributed by atoms with E-state index in [1.807, 2.05) is 33.3 Å². The number of carbonyl (C=O) groups excluding carboxylic acids is 2. The molecule has 0 spiro atoms. The van der Waals surface area contributed by atoms with Crippen molar-refractivity contribution in [1.29, 1.82) is 0 Å². The quantitative estimate of drug-likeness (QED) is 0.0212. The maximum atomic E-state index is 13.6. The molecular formula is C77H149N2O7P. The van der Waals surface area contributed by atoms with E-state index in [4.69, 9.17) is 13.8 Å². The molecule has 1 amide bonds. The Hall–Kier alpha value is -1.77. The minimum atomic E-state index is -4.70. The number of phosphoric ester groups is 1. The Morgan fingerprint density at radius 1 is 0.391 bits per heavy atom. The average Bonchev–Trinajstić information content (AvgIpc) is 3.70. The maximum Gasteiger partial charge on any atom is 0.306 e. The molecule has 0 fully saturated rings. The van der Waals surface area contributed by atoms with E-state index in [-0.39, 0.29) is 31.5 Å². The number of likely N-dealkylation sites (N-methyl/N-ethyl adjacent to an activating group) is 1. The molecule has 0 aromatic heterocycles. The van der Waals surface area contributed by atoms with Crippen molar-refractivity contribution in [3.63, 3.8) is 0 Å². The van der Waals surface area contributed by atoms with E-state index in [9.17, 15) is 19.0 Å². The van der Waals surface area contributed by atoms with Gasteiger partial charge in [0.05, 0.1) is 33.8 Å². The van der Waals surface area contributed by atoms with Gasteiger partial charge in [0, 0.05) is 12.8 Å². The SMILES string of the molecule is CCCCCCCC/C=C/CCCCCCCCCCCCCCCCCCCC(=O)OC(/C=C/CCCCCCCCCCC)C(COP(=O)([O-])OCC[N+](C)(C)C)NC(=O)CCCCCCCCCCCCCCC/C=C/CCCCCCCC. The zero-order valence-electron chi connectivity index (χ0n) is 59.0. The number of amides is 1. The third-order valence-corrected chi connectivity index (χ3v) is 18.5. The molecule has 0 aromatic rings. The van der Waals surface area contributed by atoms with Gasteiger partial charge in [0.15, 0.2) is 0 Å². The molecule has 87 heavy (non-hydrogen) atoms. The molecule has 1 N–H and O–H groups in total. The Balaban J connectivity index is 4.89. The van der Waals surface area contributed by atoms with Crippen molar-refractivity contribution >= 4 is 19.7 Å². The molecule has 9 nitrogen and oxygen atoms in total. The molecule has 514 valence electrons. The third kappa shape index (κ3) is 68.4. The van der Waals surface area contributed by atoms with Crippen LogP contribution in [0.5, 0.6) is 0 Å². The van der Waals surface area contributed by atoms with Gasteiger partial charge >= 0.3 is 5.97 Å². The first-order valence-electron chi connectivity index (χ1n) is 38.3. The monoisotopic (exact) mass is 1250 g/mol. The van der Waals surface area contributed by atoms with Crippen LogP contribution in [0.15, 0.2) is 36.5 Å². The Morgan fingerprint density at radius 2 is 0.667 bits per heavy atom. The van der Waals surface area contributed by atoms with Gasteiger partial charge in [0.25, 0.3) is 7.82 Å². The van der Waals surface area contributed by atoms with Crippen molar-refractivity contribution < 1.29 is 37.3 Å². The first kappa shape index (κ1) is 85.2. The van der Waals surface area contributed by atoms with Crippen molar-refractivity contribution in [2.45, 2.75) is 405 Å². The molecule has 0 aliphatic rings. The molecule has 0 aromatic carbocycles. The highest BCUT2D eigenvalue weighted by Gasteiger charge is 2.27. The molecule has 0 aliphatic heterocycles. The number of unbranched alkanes of at least 4 members (excludes halogenated alkanes) is 51. The van der Waals surface area contributed by atoms with E-state index in [1.54, 1.807) is 0 Å². The van der Waals surface area contributed by atoms with Gasteiger partial charge < -0.3 is 28.5 Å². The van der Waals surface area contributed by atoms with Crippen LogP contribution in [0, 0.1) is 0 Å². The third-order valence-electron chi connectivity index (χ3n) is 17.5. The fraction of sp³-hybridized carbons (Fsp3) is 0.896. The van der Waals surface area contributed by atoms with E-state index >= 15 is 0 Å². The number of nitrogens with zero attached hydrogens (tertiary/aromatic N) is 1. The number of nitrogens with one attached hydrogen (secondary N) is 1. The van der Waals surface area contributed by atoms with Gasteiger partial charge in [-0.3, -0.25) is 14.2 Å². The predicted molar refractivity (Wildman–Crippen MR) is 376 cm³/mol. The fourth-order valence-corrected chi connectivity index (χ4v) is 12.4. The normalized spacial score (nSPS) is 13.6. The summed E-state index contributed by atoms with van der Waals surface area (Å²) in [5.74, 6) is -0.519. The zero-order valence-corrected chi connectivity index (χ0v) is 59.9. The van der Waals surface area contributed by atoms with Crippen molar-refractivity contribution in [3.05, 3.63) is 36.5 Å². The second kappa shape index (κ2) is 67.1. The van der Waals surface area contributed by atoms with E-state index in [0.717, 1.165) is 57.8 Å². The first-order valence-corrected chi connectivity index (χ1v) is 39.8. The average molecular weight is 1250 g/mol. The number of ether oxygens (including phenoxy) is 1. The summed E-state index contributed by atoms with van der Waals surface area (Å²) in [6, 6.07) is -0.885. The van der Waals surface area contributed by atoms with Crippen LogP contribution in [-0.4, -0.2) is 69.4 Å². The summed E-state index contributed by atoms with van der Waals surface area (Å²) in [6.07, 6.45) is 84.3. The van der Waals surface area contributed by atoms with Crippen LogP contribution >= 0.6 is 7.82 Å². The standard InChI is InChI=1S/C77H149N2O7P/c1-7-10-13-16-19-22-25-27-29-31-33-35-37-38-39-40-42-44-46-48-50-52-55-58-61-64-67-70-77(81)86-75(68-65-62-59-56-53-24-21-18-15-12-9-3)74(73-85-87(82,83)84-72-71-79(4,5)6)78-76(80)69-66-63-60-57-54-51-49-47-45-43-41-36-34-32-30-28-26-23-20-17-14-11-8-2/h27-30,65,68,74-75H,7-26,31-64,66-67,69-73H2,1-6H3,(H-,78,80,82,83)/b29-27+,30-28+,68-65+. The van der Waals surface area contributed by atoms with Crippen LogP contribution in [-0.2, 0) is 27.9 Å². The molecule has 0 saturated heterocycles. The summed E-state index contributed by atoms with van der Waals surface area (Å²) in [6.45, 7) is 6.90. The zero-order chi connectivity index (χ0) is 63.5. The van der Waals surface area contributed by atoms with E-state index < -0.39 is 20.0 Å². The first-order chi connectivity index (χ1) is 42.4. The van der Waals surface area contributed by atoms with Gasteiger partial charge in [-0.25, -0.2) is 0 Å². The van der Waals surface area contributed by atoms with Crippen LogP contribution in [0.1, 0.15) is 393 Å². The minimum absolute atomic E-state index is 0.0191. The number of esters is 1. The lowest BCUT2D eigenvalue weighted by atomic mass is 10.0. The Morgan fingerprint density at radius 3 is 0.977 bits per heavy atom. The van der Waals surface area contributed by atoms with Crippen LogP contribution < -0.4 is 10.2 Å². The van der Waals surface area contributed by atoms with Gasteiger partial charge in [-0.05, 0) is 83.1 Å². The Labute approximate surface area is 542 Å². The second-order valence-corrected chi connectivity index (χ2v) is 28.9. The highest BCUT2D eigenvalue weighted by molar-refractivity contribution is 7.45. The molecular weight excluding hydrogens is 1100 g/mol. The molecule has 3 unspecified atom stereocenters. The van der Waals surface area contributed by atoms with Gasteiger partial charge in [-0.2, -0.15) is 0 Å². The topological polar surface area (TPSA) is 114 Å². The van der Waals surface area contributed by atoms with Crippen LogP contribution in [0.2, 0.25) is 0 Å². The highest BCUT2D eigenvalue weighted by atomic mass is 31.2. The van der Waals surface area contributed by atoms with Gasteiger partial charge in [-0.15, -0.1) is 0 Å². The van der Waals surface area contributed by atoms with E-state index in [0.29, 0.717) is 17.4 Å².